The predicted octanol–water partition coefficient (Wildman–Crippen LogP) is 3.53. The number of hydrogen-bond donors (Lipinski definition) is 2. The van der Waals surface area contributed by atoms with Crippen LogP contribution in [0.1, 0.15) is 34.8 Å². The Morgan fingerprint density at radius 3 is 2.81 bits per heavy atom. The molecule has 3 aromatic rings. The highest BCUT2D eigenvalue weighted by Gasteiger charge is 2.36. The molecule has 0 aliphatic heterocycles. The average Bonchev–Trinajstić information content (AvgIpc) is 2.63. The van der Waals surface area contributed by atoms with E-state index < -0.39 is 0 Å². The molecule has 5 nitrogen and oxygen atoms in total. The Bertz CT molecular complexity index is 956. The fourth-order valence-electron chi connectivity index (χ4n) is 3.41. The second kappa shape index (κ2) is 7.02. The second-order valence-electron chi connectivity index (χ2n) is 6.65. The third kappa shape index (κ3) is 3.28. The maximum atomic E-state index is 12.7. The van der Waals surface area contributed by atoms with Crippen molar-refractivity contribution in [2.45, 2.75) is 25.0 Å². The summed E-state index contributed by atoms with van der Waals surface area (Å²) >= 11 is 6.10. The van der Waals surface area contributed by atoms with E-state index in [1.54, 1.807) is 18.5 Å². The zero-order chi connectivity index (χ0) is 18.1. The Morgan fingerprint density at radius 1 is 1.23 bits per heavy atom. The summed E-state index contributed by atoms with van der Waals surface area (Å²) in [7, 11) is 0. The number of benzene rings is 1. The Labute approximate surface area is 156 Å². The van der Waals surface area contributed by atoms with Crippen LogP contribution in [0.5, 0.6) is 0 Å². The predicted molar refractivity (Wildman–Crippen MR) is 99.9 cm³/mol. The van der Waals surface area contributed by atoms with Crippen LogP contribution < -0.4 is 5.32 Å². The van der Waals surface area contributed by atoms with E-state index in [1.165, 1.54) is 6.20 Å². The van der Waals surface area contributed by atoms with Crippen LogP contribution in [0.25, 0.3) is 10.9 Å². The molecule has 1 amide bonds. The number of aromatic nitrogens is 2. The van der Waals surface area contributed by atoms with E-state index in [0.29, 0.717) is 23.4 Å². The largest absolute Gasteiger partial charge is 0.393 e. The first kappa shape index (κ1) is 16.9. The topological polar surface area (TPSA) is 75.1 Å². The minimum atomic E-state index is -0.308. The summed E-state index contributed by atoms with van der Waals surface area (Å²) in [5, 5.41) is 14.1. The number of pyridine rings is 2. The van der Waals surface area contributed by atoms with Gasteiger partial charge in [0.25, 0.3) is 5.91 Å². The summed E-state index contributed by atoms with van der Waals surface area (Å²) in [6.45, 7) is 0. The van der Waals surface area contributed by atoms with Crippen LogP contribution in [0.15, 0.2) is 55.0 Å². The van der Waals surface area contributed by atoms with E-state index in [1.807, 2.05) is 30.3 Å². The van der Waals surface area contributed by atoms with Gasteiger partial charge in [0.1, 0.15) is 0 Å². The molecule has 132 valence electrons. The average molecular weight is 368 g/mol. The van der Waals surface area contributed by atoms with Gasteiger partial charge in [0, 0.05) is 24.0 Å². The molecular formula is C20H18ClN3O2. The molecule has 1 aliphatic rings. The van der Waals surface area contributed by atoms with Crippen LogP contribution in [-0.4, -0.2) is 27.1 Å². The molecule has 6 heteroatoms. The molecular weight excluding hydrogens is 350 g/mol. The van der Waals surface area contributed by atoms with Gasteiger partial charge in [0.15, 0.2) is 0 Å². The number of nitrogens with one attached hydrogen (secondary N) is 1. The fourth-order valence-corrected chi connectivity index (χ4v) is 3.62. The van der Waals surface area contributed by atoms with Crippen molar-refractivity contribution in [3.63, 3.8) is 0 Å². The van der Waals surface area contributed by atoms with Gasteiger partial charge < -0.3 is 10.4 Å². The molecule has 0 radical (unpaired) electrons. The van der Waals surface area contributed by atoms with Crippen molar-refractivity contribution in [1.29, 1.82) is 0 Å². The molecule has 1 saturated carbocycles. The van der Waals surface area contributed by atoms with Gasteiger partial charge in [-0.15, -0.1) is 0 Å². The van der Waals surface area contributed by atoms with Gasteiger partial charge in [-0.25, -0.2) is 0 Å². The Kier molecular flexibility index (Phi) is 4.57. The van der Waals surface area contributed by atoms with E-state index in [2.05, 4.69) is 15.3 Å². The van der Waals surface area contributed by atoms with Gasteiger partial charge in [-0.05, 0) is 42.5 Å². The quantitative estimate of drug-likeness (QED) is 0.739. The van der Waals surface area contributed by atoms with E-state index in [-0.39, 0.29) is 24.0 Å². The molecule has 0 saturated heterocycles. The Balaban J connectivity index is 1.65. The maximum Gasteiger partial charge on any atom is 0.253 e. The highest BCUT2D eigenvalue weighted by atomic mass is 35.5. The summed E-state index contributed by atoms with van der Waals surface area (Å²) < 4.78 is 0. The standard InChI is InChI=1S/C20H18ClN3O2/c21-17-11-22-6-5-16(17)20(26)24-19(13-8-15(25)9-13)14-7-12-3-1-2-4-18(12)23-10-14/h1-7,10-11,13,15,19,25H,8-9H2,(H,24,26). The van der Waals surface area contributed by atoms with Crippen molar-refractivity contribution >= 4 is 28.4 Å². The molecule has 1 atom stereocenters. The molecule has 2 heterocycles. The number of rotatable bonds is 4. The molecule has 0 spiro atoms. The summed E-state index contributed by atoms with van der Waals surface area (Å²) in [5.74, 6) is -0.0885. The summed E-state index contributed by atoms with van der Waals surface area (Å²) in [6, 6.07) is 11.3. The first-order chi connectivity index (χ1) is 12.6. The molecule has 26 heavy (non-hydrogen) atoms. The van der Waals surface area contributed by atoms with Crippen molar-refractivity contribution in [3.8, 4) is 0 Å². The molecule has 1 unspecified atom stereocenters. The monoisotopic (exact) mass is 367 g/mol. The minimum Gasteiger partial charge on any atom is -0.393 e. The minimum absolute atomic E-state index is 0.164. The summed E-state index contributed by atoms with van der Waals surface area (Å²) in [6.07, 6.45) is 5.80. The number of aliphatic hydroxyl groups excluding tert-OH is 1. The van der Waals surface area contributed by atoms with E-state index >= 15 is 0 Å². The lowest BCUT2D eigenvalue weighted by Crippen LogP contribution is -2.41. The van der Waals surface area contributed by atoms with Crippen molar-refractivity contribution in [2.75, 3.05) is 0 Å². The summed E-state index contributed by atoms with van der Waals surface area (Å²) in [5.41, 5.74) is 2.23. The van der Waals surface area contributed by atoms with Crippen LogP contribution in [0.4, 0.5) is 0 Å². The first-order valence-electron chi connectivity index (χ1n) is 8.55. The van der Waals surface area contributed by atoms with Crippen LogP contribution in [0.3, 0.4) is 0 Å². The number of hydrogen-bond acceptors (Lipinski definition) is 4. The van der Waals surface area contributed by atoms with Gasteiger partial charge in [-0.3, -0.25) is 14.8 Å². The van der Waals surface area contributed by atoms with Crippen molar-refractivity contribution in [2.24, 2.45) is 5.92 Å². The zero-order valence-electron chi connectivity index (χ0n) is 14.0. The number of amides is 1. The number of carbonyl (C=O) groups is 1. The van der Waals surface area contributed by atoms with Crippen LogP contribution in [0.2, 0.25) is 5.02 Å². The first-order valence-corrected chi connectivity index (χ1v) is 8.93. The highest BCUT2D eigenvalue weighted by Crippen LogP contribution is 2.38. The van der Waals surface area contributed by atoms with E-state index in [9.17, 15) is 9.90 Å². The maximum absolute atomic E-state index is 12.7. The van der Waals surface area contributed by atoms with E-state index in [0.717, 1.165) is 16.5 Å². The zero-order valence-corrected chi connectivity index (χ0v) is 14.7. The smallest absolute Gasteiger partial charge is 0.253 e. The lowest BCUT2D eigenvalue weighted by molar-refractivity contribution is 0.0235. The molecule has 2 aromatic heterocycles. The van der Waals surface area contributed by atoms with Crippen LogP contribution in [0, 0.1) is 5.92 Å². The summed E-state index contributed by atoms with van der Waals surface area (Å²) in [4.78, 5) is 21.2. The normalized spacial score (nSPS) is 20.4. The molecule has 2 N–H and O–H groups in total. The van der Waals surface area contributed by atoms with Gasteiger partial charge in [0.05, 0.1) is 28.2 Å². The van der Waals surface area contributed by atoms with Gasteiger partial charge in [0.2, 0.25) is 0 Å². The number of nitrogens with zero attached hydrogens (tertiary/aromatic N) is 2. The number of halogens is 1. The SMILES string of the molecule is O=C(NC(c1cnc2ccccc2c1)C1CC(O)C1)c1ccncc1Cl. The fraction of sp³-hybridized carbons (Fsp3) is 0.250. The Morgan fingerprint density at radius 2 is 2.04 bits per heavy atom. The van der Waals surface area contributed by atoms with Crippen molar-refractivity contribution in [1.82, 2.24) is 15.3 Å². The number of aliphatic hydroxyl groups is 1. The van der Waals surface area contributed by atoms with E-state index in [4.69, 9.17) is 11.6 Å². The second-order valence-corrected chi connectivity index (χ2v) is 7.06. The van der Waals surface area contributed by atoms with Crippen LogP contribution in [-0.2, 0) is 0 Å². The third-order valence-electron chi connectivity index (χ3n) is 4.90. The number of para-hydroxylation sites is 1. The number of carbonyl (C=O) groups excluding carboxylic acids is 1. The van der Waals surface area contributed by atoms with Gasteiger partial charge >= 0.3 is 0 Å². The highest BCUT2D eigenvalue weighted by molar-refractivity contribution is 6.33. The Hall–Kier alpha value is -2.50. The third-order valence-corrected chi connectivity index (χ3v) is 5.20. The molecule has 0 bridgehead atoms. The van der Waals surface area contributed by atoms with Gasteiger partial charge in [-0.2, -0.15) is 0 Å². The lowest BCUT2D eigenvalue weighted by atomic mass is 9.75. The lowest BCUT2D eigenvalue weighted by Gasteiger charge is -2.38. The van der Waals surface area contributed by atoms with Crippen molar-refractivity contribution < 1.29 is 9.90 Å². The molecule has 1 aromatic carbocycles. The molecule has 4 rings (SSSR count). The van der Waals surface area contributed by atoms with Crippen molar-refractivity contribution in [3.05, 3.63) is 71.1 Å². The molecule has 1 fully saturated rings. The molecule has 1 aliphatic carbocycles. The van der Waals surface area contributed by atoms with Gasteiger partial charge in [-0.1, -0.05) is 29.8 Å². The van der Waals surface area contributed by atoms with Crippen LogP contribution >= 0.6 is 11.6 Å². The number of fused-ring (bicyclic) bond motifs is 1.